The zero-order valence-electron chi connectivity index (χ0n) is 24.4. The molecule has 9 heteroatoms. The Morgan fingerprint density at radius 3 is 2.31 bits per heavy atom. The van der Waals surface area contributed by atoms with E-state index in [0.29, 0.717) is 33.1 Å². The molecule has 45 heavy (non-hydrogen) atoms. The molecule has 0 aliphatic carbocycles. The van der Waals surface area contributed by atoms with Gasteiger partial charge in [-0.15, -0.1) is 10.2 Å². The summed E-state index contributed by atoms with van der Waals surface area (Å²) in [4.78, 5) is 28.5. The number of ether oxygens (including phenoxy) is 1. The van der Waals surface area contributed by atoms with E-state index in [-0.39, 0.29) is 5.57 Å². The Bertz CT molecular complexity index is 1850. The summed E-state index contributed by atoms with van der Waals surface area (Å²) in [5, 5.41) is 20.0. The molecular formula is C36H29N3O4S2. The first-order valence-electron chi connectivity index (χ1n) is 14.3. The van der Waals surface area contributed by atoms with Crippen molar-refractivity contribution in [2.75, 3.05) is 4.90 Å². The van der Waals surface area contributed by atoms with E-state index in [1.165, 1.54) is 39.6 Å². The molecule has 1 N–H and O–H groups in total. The van der Waals surface area contributed by atoms with E-state index in [2.05, 4.69) is 34.5 Å². The molecule has 4 aromatic carbocycles. The van der Waals surface area contributed by atoms with Crippen molar-refractivity contribution >= 4 is 46.0 Å². The van der Waals surface area contributed by atoms with E-state index in [9.17, 15) is 14.7 Å². The quantitative estimate of drug-likeness (QED) is 0.0900. The number of thioether (sulfide) groups is 1. The zero-order chi connectivity index (χ0) is 31.2. The summed E-state index contributed by atoms with van der Waals surface area (Å²) in [6.07, 6.45) is 3.04. The summed E-state index contributed by atoms with van der Waals surface area (Å²) in [5.41, 5.74) is 4.79. The standard InChI is InChI=1S/C36H29N3O4S2/c1-24-12-14-27(15-13-24)23-44-36-38-37-35(45-36)39-32(28-17-19-29(20-18-28)43-22-26-10-6-3-7-11-26)31(33(41)34(39)42)30(40)21-16-25-8-4-2-5-9-25/h2-21,32,41H,22-23H2,1H3. The topological polar surface area (TPSA) is 92.6 Å². The molecule has 0 spiro atoms. The van der Waals surface area contributed by atoms with Crippen molar-refractivity contribution in [2.45, 2.75) is 29.7 Å². The lowest BCUT2D eigenvalue weighted by atomic mass is 9.95. The minimum absolute atomic E-state index is 0.0193. The van der Waals surface area contributed by atoms with E-state index >= 15 is 0 Å². The summed E-state index contributed by atoms with van der Waals surface area (Å²) in [6, 6.07) is 33.7. The number of ketones is 1. The first-order valence-corrected chi connectivity index (χ1v) is 16.1. The number of aromatic nitrogens is 2. The Labute approximate surface area is 269 Å². The van der Waals surface area contributed by atoms with E-state index in [1.807, 2.05) is 67.6 Å². The van der Waals surface area contributed by atoms with Gasteiger partial charge in [0.25, 0.3) is 5.91 Å². The van der Waals surface area contributed by atoms with E-state index in [0.717, 1.165) is 16.7 Å². The summed E-state index contributed by atoms with van der Waals surface area (Å²) in [6.45, 7) is 2.44. The van der Waals surface area contributed by atoms with Crippen LogP contribution in [0.3, 0.4) is 0 Å². The monoisotopic (exact) mass is 631 g/mol. The minimum atomic E-state index is -0.906. The molecular weight excluding hydrogens is 603 g/mol. The predicted molar refractivity (Wildman–Crippen MR) is 178 cm³/mol. The van der Waals surface area contributed by atoms with Gasteiger partial charge in [0.15, 0.2) is 15.9 Å². The summed E-state index contributed by atoms with van der Waals surface area (Å²) in [5.74, 6) is -0.452. The second-order valence-corrected chi connectivity index (χ2v) is 12.6. The van der Waals surface area contributed by atoms with Crippen molar-refractivity contribution in [3.63, 3.8) is 0 Å². The molecule has 5 aromatic rings. The normalized spacial score (nSPS) is 14.8. The molecule has 0 saturated heterocycles. The maximum atomic E-state index is 13.6. The smallest absolute Gasteiger partial charge is 0.296 e. The van der Waals surface area contributed by atoms with Gasteiger partial charge in [-0.25, -0.2) is 0 Å². The van der Waals surface area contributed by atoms with Crippen molar-refractivity contribution in [2.24, 2.45) is 0 Å². The second-order valence-electron chi connectivity index (χ2n) is 10.4. The van der Waals surface area contributed by atoms with Crippen LogP contribution in [0.1, 0.15) is 33.9 Å². The van der Waals surface area contributed by atoms with Gasteiger partial charge in [-0.1, -0.05) is 132 Å². The largest absolute Gasteiger partial charge is 0.503 e. The van der Waals surface area contributed by atoms with E-state index < -0.39 is 23.5 Å². The molecule has 2 heterocycles. The molecule has 1 aromatic heterocycles. The van der Waals surface area contributed by atoms with Crippen LogP contribution in [-0.2, 0) is 21.9 Å². The molecule has 0 radical (unpaired) electrons. The summed E-state index contributed by atoms with van der Waals surface area (Å²) < 4.78 is 6.63. The molecule has 1 aliphatic heterocycles. The van der Waals surface area contributed by atoms with Gasteiger partial charge in [0.05, 0.1) is 11.6 Å². The molecule has 0 bridgehead atoms. The van der Waals surface area contributed by atoms with Crippen molar-refractivity contribution in [1.29, 1.82) is 0 Å². The lowest BCUT2D eigenvalue weighted by molar-refractivity contribution is -0.117. The minimum Gasteiger partial charge on any atom is -0.503 e. The third-order valence-electron chi connectivity index (χ3n) is 7.23. The number of aryl methyl sites for hydroxylation is 1. The predicted octanol–water partition coefficient (Wildman–Crippen LogP) is 7.90. The van der Waals surface area contributed by atoms with Crippen LogP contribution in [-0.4, -0.2) is 27.0 Å². The SMILES string of the molecule is Cc1ccc(CSc2nnc(N3C(=O)C(O)=C(C(=O)C=Cc4ccccc4)C3c3ccc(OCc4ccccc4)cc3)s2)cc1. The Balaban J connectivity index is 1.28. The maximum absolute atomic E-state index is 13.6. The van der Waals surface area contributed by atoms with Gasteiger partial charge in [0, 0.05) is 5.75 Å². The van der Waals surface area contributed by atoms with Crippen molar-refractivity contribution in [1.82, 2.24) is 10.2 Å². The Hall–Kier alpha value is -4.99. The number of hydrogen-bond donors (Lipinski definition) is 1. The van der Waals surface area contributed by atoms with Crippen LogP contribution in [0.5, 0.6) is 5.75 Å². The zero-order valence-corrected chi connectivity index (χ0v) is 26.0. The van der Waals surface area contributed by atoms with Crippen LogP contribution in [0.15, 0.2) is 131 Å². The number of aliphatic hydroxyl groups excluding tert-OH is 1. The number of nitrogens with zero attached hydrogens (tertiary/aromatic N) is 3. The number of hydrogen-bond acceptors (Lipinski definition) is 8. The number of carbonyl (C=O) groups is 2. The van der Waals surface area contributed by atoms with Gasteiger partial charge in [0.2, 0.25) is 5.13 Å². The molecule has 1 atom stereocenters. The number of allylic oxidation sites excluding steroid dienone is 1. The number of amides is 1. The summed E-state index contributed by atoms with van der Waals surface area (Å²) >= 11 is 2.76. The molecule has 1 amide bonds. The fraction of sp³-hybridized carbons (Fsp3) is 0.111. The van der Waals surface area contributed by atoms with Crippen molar-refractivity contribution < 1.29 is 19.4 Å². The average molecular weight is 632 g/mol. The molecule has 7 nitrogen and oxygen atoms in total. The van der Waals surface area contributed by atoms with Gasteiger partial charge < -0.3 is 9.84 Å². The molecule has 224 valence electrons. The highest BCUT2D eigenvalue weighted by atomic mass is 32.2. The molecule has 0 fully saturated rings. The van der Waals surface area contributed by atoms with Crippen LogP contribution in [0.4, 0.5) is 5.13 Å². The number of benzene rings is 4. The van der Waals surface area contributed by atoms with Gasteiger partial charge in [-0.3, -0.25) is 14.5 Å². The fourth-order valence-electron chi connectivity index (χ4n) is 4.87. The molecule has 6 rings (SSSR count). The van der Waals surface area contributed by atoms with Gasteiger partial charge in [-0.2, -0.15) is 0 Å². The molecule has 1 aliphatic rings. The highest BCUT2D eigenvalue weighted by molar-refractivity contribution is 8.00. The first-order chi connectivity index (χ1) is 22.0. The number of anilines is 1. The van der Waals surface area contributed by atoms with Crippen LogP contribution in [0.25, 0.3) is 6.08 Å². The number of aliphatic hydroxyl groups is 1. The van der Waals surface area contributed by atoms with Gasteiger partial charge in [-0.05, 0) is 47.4 Å². The molecule has 0 saturated carbocycles. The van der Waals surface area contributed by atoms with Crippen LogP contribution in [0, 0.1) is 6.92 Å². The van der Waals surface area contributed by atoms with Gasteiger partial charge >= 0.3 is 0 Å². The second kappa shape index (κ2) is 13.8. The fourth-order valence-corrected chi connectivity index (χ4v) is 6.69. The van der Waals surface area contributed by atoms with Gasteiger partial charge in [0.1, 0.15) is 12.4 Å². The molecule has 1 unspecified atom stereocenters. The van der Waals surface area contributed by atoms with Crippen molar-refractivity contribution in [3.8, 4) is 5.75 Å². The lowest BCUT2D eigenvalue weighted by Gasteiger charge is -2.24. The van der Waals surface area contributed by atoms with Crippen LogP contribution >= 0.6 is 23.1 Å². The third-order valence-corrected chi connectivity index (χ3v) is 9.36. The Kier molecular flexibility index (Phi) is 9.19. The Morgan fingerprint density at radius 2 is 1.60 bits per heavy atom. The maximum Gasteiger partial charge on any atom is 0.296 e. The van der Waals surface area contributed by atoms with Crippen molar-refractivity contribution in [3.05, 3.63) is 154 Å². The van der Waals surface area contributed by atoms with Crippen LogP contribution < -0.4 is 9.64 Å². The lowest BCUT2D eigenvalue weighted by Crippen LogP contribution is -2.30. The average Bonchev–Trinajstić information content (AvgIpc) is 3.65. The highest BCUT2D eigenvalue weighted by Gasteiger charge is 2.45. The first kappa shape index (κ1) is 30.1. The highest BCUT2D eigenvalue weighted by Crippen LogP contribution is 2.43. The Morgan fingerprint density at radius 1 is 0.911 bits per heavy atom. The number of carbonyl (C=O) groups excluding carboxylic acids is 2. The van der Waals surface area contributed by atoms with Crippen LogP contribution in [0.2, 0.25) is 0 Å². The van der Waals surface area contributed by atoms with E-state index in [1.54, 1.807) is 30.3 Å². The van der Waals surface area contributed by atoms with E-state index in [4.69, 9.17) is 4.74 Å². The number of rotatable bonds is 11. The summed E-state index contributed by atoms with van der Waals surface area (Å²) in [7, 11) is 0. The third kappa shape index (κ3) is 7.06.